The zero-order valence-corrected chi connectivity index (χ0v) is 13.1. The van der Waals surface area contributed by atoms with Crippen molar-refractivity contribution in [3.8, 4) is 0 Å². The van der Waals surface area contributed by atoms with E-state index in [0.29, 0.717) is 18.7 Å². The van der Waals surface area contributed by atoms with Gasteiger partial charge in [-0.2, -0.15) is 10.2 Å². The summed E-state index contributed by atoms with van der Waals surface area (Å²) in [4.78, 5) is 28.4. The Bertz CT molecular complexity index is 666. The van der Waals surface area contributed by atoms with Gasteiger partial charge in [0, 0.05) is 18.9 Å². The third kappa shape index (κ3) is 5.23. The molecule has 2 aromatic rings. The lowest BCUT2D eigenvalue weighted by Crippen LogP contribution is -2.33. The first-order valence-corrected chi connectivity index (χ1v) is 7.32. The van der Waals surface area contributed by atoms with Crippen molar-refractivity contribution in [2.75, 3.05) is 19.8 Å². The summed E-state index contributed by atoms with van der Waals surface area (Å²) in [6, 6.07) is 1.57. The van der Waals surface area contributed by atoms with Gasteiger partial charge in [-0.15, -0.1) is 0 Å². The van der Waals surface area contributed by atoms with E-state index in [1.165, 1.54) is 6.20 Å². The lowest BCUT2D eigenvalue weighted by atomic mass is 10.2. The number of nitrogens with zero attached hydrogens (tertiary/aromatic N) is 3. The van der Waals surface area contributed by atoms with E-state index in [1.807, 2.05) is 0 Å². The van der Waals surface area contributed by atoms with Gasteiger partial charge >= 0.3 is 5.97 Å². The number of nitrogens with one attached hydrogen (secondary N) is 3. The number of hydrogen-bond donors (Lipinski definition) is 3. The summed E-state index contributed by atoms with van der Waals surface area (Å²) >= 11 is 0. The Morgan fingerprint density at radius 2 is 2.25 bits per heavy atom. The Labute approximate surface area is 137 Å². The molecule has 0 saturated carbocycles. The highest BCUT2D eigenvalue weighted by Gasteiger charge is 2.16. The molecule has 24 heavy (non-hydrogen) atoms. The Morgan fingerprint density at radius 1 is 1.38 bits per heavy atom. The maximum atomic E-state index is 12.3. The van der Waals surface area contributed by atoms with E-state index < -0.39 is 11.9 Å². The molecule has 3 N–H and O–H groups in total. The van der Waals surface area contributed by atoms with Crippen LogP contribution in [0.4, 0.5) is 0 Å². The van der Waals surface area contributed by atoms with Crippen molar-refractivity contribution in [2.24, 2.45) is 5.16 Å². The number of amides is 1. The second kappa shape index (κ2) is 9.08. The molecular weight excluding hydrogens is 316 g/mol. The molecule has 2 rings (SSSR count). The number of carbonyl (C=O) groups is 2. The zero-order chi connectivity index (χ0) is 17.2. The summed E-state index contributed by atoms with van der Waals surface area (Å²) in [6.45, 7) is 1.94. The van der Waals surface area contributed by atoms with Crippen LogP contribution in [0.15, 0.2) is 29.8 Å². The number of ether oxygens (including phenoxy) is 1. The lowest BCUT2D eigenvalue weighted by Gasteiger charge is -2.06. The number of oxime groups is 1. The van der Waals surface area contributed by atoms with E-state index in [2.05, 4.69) is 30.9 Å². The molecule has 10 nitrogen and oxygen atoms in total. The third-order valence-electron chi connectivity index (χ3n) is 2.87. The van der Waals surface area contributed by atoms with Gasteiger partial charge in [0.15, 0.2) is 5.71 Å². The molecule has 2 aromatic heterocycles. The molecule has 0 unspecified atom stereocenters. The van der Waals surface area contributed by atoms with Crippen molar-refractivity contribution >= 4 is 17.6 Å². The number of rotatable bonds is 9. The molecule has 1 amide bonds. The fourth-order valence-corrected chi connectivity index (χ4v) is 1.77. The molecule has 128 valence electrons. The molecule has 0 saturated heterocycles. The van der Waals surface area contributed by atoms with Gasteiger partial charge in [0.1, 0.15) is 0 Å². The highest BCUT2D eigenvalue weighted by atomic mass is 16.7. The predicted octanol–water partition coefficient (Wildman–Crippen LogP) is -0.224. The Morgan fingerprint density at radius 3 is 2.92 bits per heavy atom. The van der Waals surface area contributed by atoms with Crippen LogP contribution in [0.1, 0.15) is 18.2 Å². The van der Waals surface area contributed by atoms with Crippen LogP contribution in [0.2, 0.25) is 0 Å². The van der Waals surface area contributed by atoms with Gasteiger partial charge in [-0.1, -0.05) is 5.16 Å². The largest absolute Gasteiger partial charge is 0.463 e. The second-order valence-corrected chi connectivity index (χ2v) is 4.60. The first kappa shape index (κ1) is 17.2. The van der Waals surface area contributed by atoms with Gasteiger partial charge in [0.25, 0.3) is 5.91 Å². The fraction of sp³-hybridized carbons (Fsp3) is 0.357. The van der Waals surface area contributed by atoms with E-state index >= 15 is 0 Å². The maximum Gasteiger partial charge on any atom is 0.347 e. The van der Waals surface area contributed by atoms with Crippen LogP contribution >= 0.6 is 0 Å². The predicted molar refractivity (Wildman–Crippen MR) is 83.0 cm³/mol. The summed E-state index contributed by atoms with van der Waals surface area (Å²) < 4.78 is 4.72. The van der Waals surface area contributed by atoms with Crippen LogP contribution in [0.5, 0.6) is 0 Å². The fourth-order valence-electron chi connectivity index (χ4n) is 1.77. The van der Waals surface area contributed by atoms with Crippen LogP contribution in [-0.2, 0) is 25.6 Å². The molecular formula is C14H18N6O4. The van der Waals surface area contributed by atoms with E-state index in [9.17, 15) is 9.59 Å². The number of hydrogen-bond acceptors (Lipinski definition) is 7. The first-order chi connectivity index (χ1) is 11.7. The standard InChI is InChI=1S/C14H18N6O4/c1-2-23-12(21)9-24-20-13(11-4-6-16-19-11)14(22)15-5-3-10-7-17-18-8-10/h4,6-8H,2-3,5,9H2,1H3,(H,15,22)(H,16,19)(H,17,18)/b20-13+. The molecule has 0 atom stereocenters. The molecule has 10 heteroatoms. The number of aromatic nitrogens is 4. The van der Waals surface area contributed by atoms with Crippen LogP contribution in [-0.4, -0.2) is 57.7 Å². The maximum absolute atomic E-state index is 12.3. The minimum atomic E-state index is -0.564. The monoisotopic (exact) mass is 334 g/mol. The van der Waals surface area contributed by atoms with Gasteiger partial charge in [0.2, 0.25) is 6.61 Å². The summed E-state index contributed by atoms with van der Waals surface area (Å²) in [6.07, 6.45) is 5.52. The number of H-pyrrole nitrogens is 2. The molecule has 2 heterocycles. The molecule has 0 aliphatic heterocycles. The summed E-state index contributed by atoms with van der Waals surface area (Å²) in [7, 11) is 0. The molecule has 0 spiro atoms. The van der Waals surface area contributed by atoms with Crippen LogP contribution in [0, 0.1) is 0 Å². The van der Waals surface area contributed by atoms with Crippen molar-refractivity contribution < 1.29 is 19.2 Å². The van der Waals surface area contributed by atoms with Gasteiger partial charge in [-0.3, -0.25) is 15.0 Å². The molecule has 0 aromatic carbocycles. The van der Waals surface area contributed by atoms with Crippen molar-refractivity contribution in [3.05, 3.63) is 35.9 Å². The minimum absolute atomic E-state index is 0.0102. The van der Waals surface area contributed by atoms with Gasteiger partial charge in [-0.25, -0.2) is 4.79 Å². The van der Waals surface area contributed by atoms with Crippen molar-refractivity contribution in [1.82, 2.24) is 25.7 Å². The Hall–Kier alpha value is -3.17. The van der Waals surface area contributed by atoms with Gasteiger partial charge in [0.05, 0.1) is 18.5 Å². The summed E-state index contributed by atoms with van der Waals surface area (Å²) in [5, 5.41) is 19.4. The van der Waals surface area contributed by atoms with E-state index in [1.54, 1.807) is 25.4 Å². The highest BCUT2D eigenvalue weighted by molar-refractivity contribution is 6.44. The van der Waals surface area contributed by atoms with E-state index in [4.69, 9.17) is 9.57 Å². The van der Waals surface area contributed by atoms with Crippen molar-refractivity contribution in [2.45, 2.75) is 13.3 Å². The van der Waals surface area contributed by atoms with Crippen molar-refractivity contribution in [3.63, 3.8) is 0 Å². The lowest BCUT2D eigenvalue weighted by molar-refractivity contribution is -0.148. The first-order valence-electron chi connectivity index (χ1n) is 7.32. The topological polar surface area (TPSA) is 134 Å². The average Bonchev–Trinajstić information content (AvgIpc) is 3.25. The normalized spacial score (nSPS) is 11.1. The van der Waals surface area contributed by atoms with Gasteiger partial charge in [-0.05, 0) is 25.0 Å². The van der Waals surface area contributed by atoms with E-state index in [0.717, 1.165) is 5.56 Å². The smallest absolute Gasteiger partial charge is 0.347 e. The Kier molecular flexibility index (Phi) is 6.50. The quantitative estimate of drug-likeness (QED) is 0.329. The summed E-state index contributed by atoms with van der Waals surface area (Å²) in [5.74, 6) is -1.02. The van der Waals surface area contributed by atoms with Crippen molar-refractivity contribution in [1.29, 1.82) is 0 Å². The molecule has 0 radical (unpaired) electrons. The average molecular weight is 334 g/mol. The zero-order valence-electron chi connectivity index (χ0n) is 13.1. The molecule has 0 bridgehead atoms. The Balaban J connectivity index is 1.92. The minimum Gasteiger partial charge on any atom is -0.463 e. The van der Waals surface area contributed by atoms with Gasteiger partial charge < -0.3 is 14.9 Å². The van der Waals surface area contributed by atoms with E-state index in [-0.39, 0.29) is 18.9 Å². The molecule has 0 fully saturated rings. The van der Waals surface area contributed by atoms with Crippen LogP contribution in [0.25, 0.3) is 0 Å². The molecule has 0 aliphatic rings. The van der Waals surface area contributed by atoms with Crippen LogP contribution in [0.3, 0.4) is 0 Å². The number of esters is 1. The number of aromatic amines is 2. The SMILES string of the molecule is CCOC(=O)CO/N=C(/C(=O)NCCc1cn[nH]c1)c1ccn[nH]1. The molecule has 0 aliphatic carbocycles. The highest BCUT2D eigenvalue weighted by Crippen LogP contribution is 1.99. The summed E-state index contributed by atoms with van der Waals surface area (Å²) in [5.41, 5.74) is 1.33. The van der Waals surface area contributed by atoms with Crippen LogP contribution < -0.4 is 5.32 Å². The third-order valence-corrected chi connectivity index (χ3v) is 2.87. The second-order valence-electron chi connectivity index (χ2n) is 4.60. The number of carbonyl (C=O) groups excluding carboxylic acids is 2.